The molecule has 1 aromatic heterocycles. The van der Waals surface area contributed by atoms with E-state index in [4.69, 9.17) is 0 Å². The first-order chi connectivity index (χ1) is 13.9. The molecular formula is C20H32N4O3S2. The molecule has 2 aliphatic heterocycles. The maximum Gasteiger partial charge on any atom is 0.244 e. The van der Waals surface area contributed by atoms with Gasteiger partial charge < -0.3 is 9.80 Å². The van der Waals surface area contributed by atoms with Crippen molar-refractivity contribution in [3.8, 4) is 0 Å². The van der Waals surface area contributed by atoms with Gasteiger partial charge in [-0.25, -0.2) is 13.4 Å². The summed E-state index contributed by atoms with van der Waals surface area (Å²) in [4.78, 5) is 21.5. The molecule has 0 radical (unpaired) electrons. The molecule has 0 bridgehead atoms. The summed E-state index contributed by atoms with van der Waals surface area (Å²) in [6.07, 6.45) is 5.41. The van der Waals surface area contributed by atoms with E-state index >= 15 is 0 Å². The molecule has 1 amide bonds. The van der Waals surface area contributed by atoms with Crippen molar-refractivity contribution in [2.45, 2.75) is 54.7 Å². The smallest absolute Gasteiger partial charge is 0.244 e. The Morgan fingerprint density at radius 1 is 1.07 bits per heavy atom. The monoisotopic (exact) mass is 440 g/mol. The molecule has 0 aromatic carbocycles. The molecule has 2 aliphatic rings. The van der Waals surface area contributed by atoms with E-state index in [9.17, 15) is 13.2 Å². The maximum absolute atomic E-state index is 12.9. The molecule has 3 heterocycles. The van der Waals surface area contributed by atoms with E-state index in [-0.39, 0.29) is 16.1 Å². The normalized spacial score (nSPS) is 21.0. The number of sulfonamides is 1. The fourth-order valence-corrected chi connectivity index (χ4v) is 6.13. The van der Waals surface area contributed by atoms with Gasteiger partial charge in [-0.2, -0.15) is 4.31 Å². The molecule has 29 heavy (non-hydrogen) atoms. The lowest BCUT2D eigenvalue weighted by Gasteiger charge is -2.35. The van der Waals surface area contributed by atoms with Crippen LogP contribution in [0, 0.1) is 0 Å². The van der Waals surface area contributed by atoms with E-state index < -0.39 is 10.0 Å². The minimum atomic E-state index is -3.49. The molecule has 7 nitrogen and oxygen atoms in total. The van der Waals surface area contributed by atoms with Crippen LogP contribution in [0.4, 0.5) is 0 Å². The van der Waals surface area contributed by atoms with Crippen LogP contribution in [-0.4, -0.2) is 84.5 Å². The summed E-state index contributed by atoms with van der Waals surface area (Å²) in [5, 5.41) is 0.427. The highest BCUT2D eigenvalue weighted by Crippen LogP contribution is 2.25. The molecule has 2 saturated heterocycles. The van der Waals surface area contributed by atoms with Crippen molar-refractivity contribution in [2.24, 2.45) is 0 Å². The predicted molar refractivity (Wildman–Crippen MR) is 115 cm³/mol. The van der Waals surface area contributed by atoms with Crippen molar-refractivity contribution in [1.29, 1.82) is 0 Å². The lowest BCUT2D eigenvalue weighted by molar-refractivity contribution is -0.132. The Morgan fingerprint density at radius 3 is 2.28 bits per heavy atom. The molecule has 9 heteroatoms. The first kappa shape index (κ1) is 22.5. The van der Waals surface area contributed by atoms with Crippen LogP contribution in [0.1, 0.15) is 39.5 Å². The van der Waals surface area contributed by atoms with Crippen LogP contribution in [0.3, 0.4) is 0 Å². The predicted octanol–water partition coefficient (Wildman–Crippen LogP) is 2.29. The summed E-state index contributed by atoms with van der Waals surface area (Å²) < 4.78 is 27.3. The summed E-state index contributed by atoms with van der Waals surface area (Å²) in [5.41, 5.74) is 0. The molecular weight excluding hydrogens is 408 g/mol. The van der Waals surface area contributed by atoms with Gasteiger partial charge >= 0.3 is 0 Å². The topological polar surface area (TPSA) is 73.8 Å². The minimum Gasteiger partial charge on any atom is -0.339 e. The van der Waals surface area contributed by atoms with Crippen molar-refractivity contribution in [3.63, 3.8) is 0 Å². The fraction of sp³-hybridized carbons (Fsp3) is 0.700. The van der Waals surface area contributed by atoms with E-state index in [1.165, 1.54) is 18.0 Å². The lowest BCUT2D eigenvalue weighted by atomic mass is 10.2. The van der Waals surface area contributed by atoms with Crippen LogP contribution in [-0.2, 0) is 14.8 Å². The van der Waals surface area contributed by atoms with Gasteiger partial charge in [0, 0.05) is 45.5 Å². The van der Waals surface area contributed by atoms with Crippen LogP contribution in [0.2, 0.25) is 0 Å². The quantitative estimate of drug-likeness (QED) is 0.632. The van der Waals surface area contributed by atoms with E-state index in [0.29, 0.717) is 18.1 Å². The van der Waals surface area contributed by atoms with Crippen LogP contribution in [0.25, 0.3) is 0 Å². The number of nitrogens with zero attached hydrogens (tertiary/aromatic N) is 4. The first-order valence-corrected chi connectivity index (χ1v) is 12.9. The molecule has 0 aliphatic carbocycles. The van der Waals surface area contributed by atoms with Crippen LogP contribution in [0.5, 0.6) is 0 Å². The van der Waals surface area contributed by atoms with Crippen molar-refractivity contribution in [3.05, 3.63) is 18.3 Å². The Bertz CT molecular complexity index is 769. The number of rotatable bonds is 6. The van der Waals surface area contributed by atoms with Gasteiger partial charge in [-0.3, -0.25) is 4.79 Å². The van der Waals surface area contributed by atoms with Gasteiger partial charge in [0.15, 0.2) is 0 Å². The summed E-state index contributed by atoms with van der Waals surface area (Å²) >= 11 is 1.39. The van der Waals surface area contributed by atoms with Gasteiger partial charge in [0.25, 0.3) is 0 Å². The molecule has 1 unspecified atom stereocenters. The second-order valence-corrected chi connectivity index (χ2v) is 11.0. The molecule has 2 fully saturated rings. The fourth-order valence-electron chi connectivity index (χ4n) is 3.79. The number of likely N-dealkylation sites (N-methyl/N-ethyl adjacent to an activating group) is 1. The molecule has 1 atom stereocenters. The Kier molecular flexibility index (Phi) is 7.95. The van der Waals surface area contributed by atoms with Gasteiger partial charge in [-0.05, 0) is 38.4 Å². The Labute approximate surface area is 178 Å². The van der Waals surface area contributed by atoms with Crippen LogP contribution < -0.4 is 0 Å². The van der Waals surface area contributed by atoms with Crippen molar-refractivity contribution < 1.29 is 13.2 Å². The number of pyridine rings is 1. The van der Waals surface area contributed by atoms with Crippen LogP contribution >= 0.6 is 11.8 Å². The molecule has 162 valence electrons. The van der Waals surface area contributed by atoms with Crippen molar-refractivity contribution >= 4 is 27.7 Å². The molecule has 0 N–H and O–H groups in total. The molecule has 0 saturated carbocycles. The number of piperazine rings is 1. The number of hydrogen-bond donors (Lipinski definition) is 0. The second kappa shape index (κ2) is 10.2. The summed E-state index contributed by atoms with van der Waals surface area (Å²) in [5.74, 6) is 0.119. The van der Waals surface area contributed by atoms with Gasteiger partial charge in [0.05, 0.1) is 10.3 Å². The third kappa shape index (κ3) is 5.71. The van der Waals surface area contributed by atoms with Gasteiger partial charge in [-0.15, -0.1) is 0 Å². The van der Waals surface area contributed by atoms with Gasteiger partial charge in [0.1, 0.15) is 4.90 Å². The standard InChI is InChI=1S/C20H32N4O3S2/c1-3-22-12-14-23(15-13-22)20(25)17(2)28-19-9-8-18(16-21-19)29(26,27)24-10-6-4-5-7-11-24/h8-9,16-17H,3-7,10-15H2,1-2H3. The zero-order valence-electron chi connectivity index (χ0n) is 17.4. The summed E-state index contributed by atoms with van der Waals surface area (Å²) in [7, 11) is -3.49. The van der Waals surface area contributed by atoms with Crippen molar-refractivity contribution in [2.75, 3.05) is 45.8 Å². The van der Waals surface area contributed by atoms with E-state index in [2.05, 4.69) is 16.8 Å². The number of amides is 1. The van der Waals surface area contributed by atoms with Crippen molar-refractivity contribution in [1.82, 2.24) is 19.1 Å². The Hall–Kier alpha value is -1.16. The third-order valence-corrected chi connectivity index (χ3v) is 8.61. The average Bonchev–Trinajstić information content (AvgIpc) is 3.04. The Balaban J connectivity index is 1.59. The SMILES string of the molecule is CCN1CCN(C(=O)C(C)Sc2ccc(S(=O)(=O)N3CCCCCC3)cn2)CC1. The van der Waals surface area contributed by atoms with E-state index in [1.807, 2.05) is 11.8 Å². The summed E-state index contributed by atoms with van der Waals surface area (Å²) in [6.45, 7) is 9.56. The average molecular weight is 441 g/mol. The van der Waals surface area contributed by atoms with Crippen LogP contribution in [0.15, 0.2) is 28.3 Å². The highest BCUT2D eigenvalue weighted by Gasteiger charge is 2.27. The number of carbonyl (C=O) groups is 1. The lowest BCUT2D eigenvalue weighted by Crippen LogP contribution is -2.50. The van der Waals surface area contributed by atoms with E-state index in [1.54, 1.807) is 16.4 Å². The number of carbonyl (C=O) groups excluding carboxylic acids is 1. The highest BCUT2D eigenvalue weighted by atomic mass is 32.2. The summed E-state index contributed by atoms with van der Waals surface area (Å²) in [6, 6.07) is 3.33. The van der Waals surface area contributed by atoms with Gasteiger partial charge in [0.2, 0.25) is 15.9 Å². The zero-order chi connectivity index (χ0) is 20.9. The molecule has 1 aromatic rings. The Morgan fingerprint density at radius 2 is 1.72 bits per heavy atom. The van der Waals surface area contributed by atoms with E-state index in [0.717, 1.165) is 58.4 Å². The molecule has 3 rings (SSSR count). The highest BCUT2D eigenvalue weighted by molar-refractivity contribution is 8.00. The maximum atomic E-state index is 12.9. The number of aromatic nitrogens is 1. The van der Waals surface area contributed by atoms with Gasteiger partial charge in [-0.1, -0.05) is 31.5 Å². The number of thioether (sulfide) groups is 1. The second-order valence-electron chi connectivity index (χ2n) is 7.67. The minimum absolute atomic E-state index is 0.119. The number of hydrogen-bond acceptors (Lipinski definition) is 6. The first-order valence-electron chi connectivity index (χ1n) is 10.6. The third-order valence-electron chi connectivity index (χ3n) is 5.69. The largest absolute Gasteiger partial charge is 0.339 e. The molecule has 0 spiro atoms. The zero-order valence-corrected chi connectivity index (χ0v) is 19.1.